The van der Waals surface area contributed by atoms with Crippen LogP contribution in [0.25, 0.3) is 0 Å². The van der Waals surface area contributed by atoms with Crippen molar-refractivity contribution in [2.75, 3.05) is 6.61 Å². The summed E-state index contributed by atoms with van der Waals surface area (Å²) in [5, 5.41) is 24.0. The van der Waals surface area contributed by atoms with Gasteiger partial charge in [0.25, 0.3) is 5.56 Å². The van der Waals surface area contributed by atoms with Crippen LogP contribution in [0.3, 0.4) is 0 Å². The molecule has 2 rings (SSSR count). The zero-order valence-corrected chi connectivity index (χ0v) is 21.7. The Morgan fingerprint density at radius 1 is 0.917 bits per heavy atom. The van der Waals surface area contributed by atoms with Crippen molar-refractivity contribution in [2.45, 2.75) is 134 Å². The average molecular weight is 512 g/mol. The molecular weight excluding hydrogens is 466 g/mol. The zero-order valence-electron chi connectivity index (χ0n) is 21.7. The molecule has 1 aliphatic heterocycles. The quantitative estimate of drug-likeness (QED) is 0.189. The van der Waals surface area contributed by atoms with E-state index in [-0.39, 0.29) is 13.0 Å². The van der Waals surface area contributed by atoms with E-state index in [2.05, 4.69) is 12.0 Å². The number of rotatable bonds is 19. The second-order valence-electron chi connectivity index (χ2n) is 9.81. The third-order valence-electron chi connectivity index (χ3n) is 6.71. The molecule has 0 radical (unpaired) electrons. The predicted molar refractivity (Wildman–Crippen MR) is 136 cm³/mol. The van der Waals surface area contributed by atoms with Crippen LogP contribution in [0.2, 0.25) is 0 Å². The molecule has 1 saturated heterocycles. The molecule has 1 aromatic heterocycles. The van der Waals surface area contributed by atoms with Gasteiger partial charge in [0.1, 0.15) is 31.1 Å². The van der Waals surface area contributed by atoms with E-state index >= 15 is 0 Å². The molecule has 0 saturated carbocycles. The van der Waals surface area contributed by atoms with Crippen LogP contribution in [0, 0.1) is 0 Å². The fraction of sp³-hybridized carbons (Fsp3) is 0.846. The molecule has 206 valence electrons. The first-order valence-electron chi connectivity index (χ1n) is 13.8. The fourth-order valence-corrected chi connectivity index (χ4v) is 4.50. The lowest BCUT2D eigenvalue weighted by Crippen LogP contribution is -2.39. The normalized spacial score (nSPS) is 21.6. The number of unbranched alkanes of at least 4 members (excludes halogenated alkanes) is 14. The van der Waals surface area contributed by atoms with Crippen molar-refractivity contribution >= 4 is 5.97 Å². The summed E-state index contributed by atoms with van der Waals surface area (Å²) in [5.74, 6) is -0.391. The standard InChI is InChI=1S/C26H45N3O7/c1-2-3-4-5-6-7-8-9-10-11-12-13-14-15-16-17-22(31)35-19-20-23(32)24(33)25(36-20)29-26(34)28-21(30)18-27-29/h18,20,23-25,32-33H,2-17,19H2,1H3,(H,28,30,34)/t20-,23?,24?,25-/m1/s1. The second kappa shape index (κ2) is 17.4. The number of aliphatic hydroxyl groups excluding tert-OH is 2. The third kappa shape index (κ3) is 10.9. The Bertz CT molecular complexity index is 856. The average Bonchev–Trinajstić information content (AvgIpc) is 3.13. The van der Waals surface area contributed by atoms with E-state index in [0.717, 1.165) is 30.1 Å². The Hall–Kier alpha value is -2.04. The van der Waals surface area contributed by atoms with E-state index in [1.165, 1.54) is 77.0 Å². The van der Waals surface area contributed by atoms with Gasteiger partial charge in [-0.1, -0.05) is 96.8 Å². The van der Waals surface area contributed by atoms with Crippen LogP contribution in [0.4, 0.5) is 0 Å². The van der Waals surface area contributed by atoms with Crippen molar-refractivity contribution in [1.82, 2.24) is 14.8 Å². The number of aliphatic hydroxyl groups is 2. The van der Waals surface area contributed by atoms with Crippen LogP contribution < -0.4 is 11.2 Å². The summed E-state index contributed by atoms with van der Waals surface area (Å²) in [6.07, 6.45) is 14.8. The molecular formula is C26H45N3O7. The first kappa shape index (κ1) is 30.2. The topological polar surface area (TPSA) is 144 Å². The lowest BCUT2D eigenvalue weighted by atomic mass is 10.0. The molecule has 0 amide bonds. The SMILES string of the molecule is CCCCCCCCCCCCCCCCCC(=O)OC[C@H]1O[C@@H](n2ncc(=O)[nH]c2=O)C(O)C1O. The van der Waals surface area contributed by atoms with E-state index in [1.54, 1.807) is 0 Å². The number of nitrogens with one attached hydrogen (secondary N) is 1. The van der Waals surface area contributed by atoms with Gasteiger partial charge in [0, 0.05) is 6.42 Å². The monoisotopic (exact) mass is 511 g/mol. The number of hydrogen-bond acceptors (Lipinski definition) is 8. The summed E-state index contributed by atoms with van der Waals surface area (Å²) in [6.45, 7) is 2.01. The lowest BCUT2D eigenvalue weighted by Gasteiger charge is -2.15. The van der Waals surface area contributed by atoms with Crippen molar-refractivity contribution in [3.8, 4) is 0 Å². The van der Waals surface area contributed by atoms with Crippen molar-refractivity contribution in [2.24, 2.45) is 0 Å². The Balaban J connectivity index is 1.47. The van der Waals surface area contributed by atoms with Crippen LogP contribution in [0.15, 0.2) is 15.8 Å². The molecule has 1 aromatic rings. The van der Waals surface area contributed by atoms with Gasteiger partial charge in [0.2, 0.25) is 0 Å². The molecule has 0 aliphatic carbocycles. The van der Waals surface area contributed by atoms with E-state index in [4.69, 9.17) is 9.47 Å². The number of hydrogen-bond donors (Lipinski definition) is 3. The number of H-pyrrole nitrogens is 1. The van der Waals surface area contributed by atoms with E-state index in [0.29, 0.717) is 0 Å². The molecule has 0 spiro atoms. The number of esters is 1. The highest BCUT2D eigenvalue weighted by Crippen LogP contribution is 2.28. The van der Waals surface area contributed by atoms with Gasteiger partial charge in [-0.25, -0.2) is 4.79 Å². The number of carbonyl (C=O) groups is 1. The number of carbonyl (C=O) groups excluding carboxylic acids is 1. The molecule has 10 heteroatoms. The van der Waals surface area contributed by atoms with Gasteiger partial charge in [-0.3, -0.25) is 14.6 Å². The number of ether oxygens (including phenoxy) is 2. The maximum atomic E-state index is 12.0. The summed E-state index contributed by atoms with van der Waals surface area (Å²) in [5.41, 5.74) is -1.56. The maximum absolute atomic E-state index is 12.0. The van der Waals surface area contributed by atoms with Gasteiger partial charge in [0.05, 0.1) is 0 Å². The van der Waals surface area contributed by atoms with Gasteiger partial charge in [-0.05, 0) is 6.42 Å². The molecule has 2 unspecified atom stereocenters. The van der Waals surface area contributed by atoms with Crippen LogP contribution in [-0.2, 0) is 14.3 Å². The molecule has 2 heterocycles. The highest BCUT2D eigenvalue weighted by molar-refractivity contribution is 5.69. The highest BCUT2D eigenvalue weighted by Gasteiger charge is 2.45. The third-order valence-corrected chi connectivity index (χ3v) is 6.71. The molecule has 1 aliphatic rings. The molecule has 4 atom stereocenters. The van der Waals surface area contributed by atoms with Gasteiger partial charge >= 0.3 is 11.7 Å². The Morgan fingerprint density at radius 2 is 1.44 bits per heavy atom. The number of aromatic amines is 1. The van der Waals surface area contributed by atoms with Gasteiger partial charge < -0.3 is 19.7 Å². The van der Waals surface area contributed by atoms with Gasteiger partial charge in [0.15, 0.2) is 6.23 Å². The molecule has 0 aromatic carbocycles. The summed E-state index contributed by atoms with van der Waals surface area (Å²) in [6, 6.07) is 0. The minimum atomic E-state index is -1.46. The summed E-state index contributed by atoms with van der Waals surface area (Å²) in [4.78, 5) is 37.1. The Kier molecular flexibility index (Phi) is 14.6. The van der Waals surface area contributed by atoms with Crippen LogP contribution in [-0.4, -0.2) is 55.9 Å². The lowest BCUT2D eigenvalue weighted by molar-refractivity contribution is -0.150. The fourth-order valence-electron chi connectivity index (χ4n) is 4.50. The second-order valence-corrected chi connectivity index (χ2v) is 9.81. The van der Waals surface area contributed by atoms with Crippen LogP contribution in [0.5, 0.6) is 0 Å². The predicted octanol–water partition coefficient (Wildman–Crippen LogP) is 3.36. The smallest absolute Gasteiger partial charge is 0.347 e. The first-order chi connectivity index (χ1) is 17.4. The van der Waals surface area contributed by atoms with Crippen LogP contribution in [0.1, 0.15) is 116 Å². The summed E-state index contributed by atoms with van der Waals surface area (Å²) < 4.78 is 11.4. The number of aromatic nitrogens is 3. The highest BCUT2D eigenvalue weighted by atomic mass is 16.6. The molecule has 10 nitrogen and oxygen atoms in total. The van der Waals surface area contributed by atoms with Crippen molar-refractivity contribution in [3.63, 3.8) is 0 Å². The van der Waals surface area contributed by atoms with E-state index in [9.17, 15) is 24.6 Å². The van der Waals surface area contributed by atoms with E-state index in [1.807, 2.05) is 4.98 Å². The van der Waals surface area contributed by atoms with Crippen molar-refractivity contribution in [3.05, 3.63) is 27.0 Å². The zero-order chi connectivity index (χ0) is 26.2. The minimum Gasteiger partial charge on any atom is -0.463 e. The van der Waals surface area contributed by atoms with E-state index < -0.39 is 41.8 Å². The molecule has 1 fully saturated rings. The van der Waals surface area contributed by atoms with Crippen molar-refractivity contribution in [1.29, 1.82) is 0 Å². The number of nitrogens with zero attached hydrogens (tertiary/aromatic N) is 2. The van der Waals surface area contributed by atoms with Crippen molar-refractivity contribution < 1.29 is 24.5 Å². The molecule has 3 N–H and O–H groups in total. The Labute approximate surface area is 213 Å². The maximum Gasteiger partial charge on any atom is 0.347 e. The molecule has 36 heavy (non-hydrogen) atoms. The summed E-state index contributed by atoms with van der Waals surface area (Å²) >= 11 is 0. The van der Waals surface area contributed by atoms with Crippen LogP contribution >= 0.6 is 0 Å². The largest absolute Gasteiger partial charge is 0.463 e. The first-order valence-corrected chi connectivity index (χ1v) is 13.8. The summed E-state index contributed by atoms with van der Waals surface area (Å²) in [7, 11) is 0. The van der Waals surface area contributed by atoms with Gasteiger partial charge in [-0.15, -0.1) is 0 Å². The Morgan fingerprint density at radius 3 is 1.97 bits per heavy atom. The minimum absolute atomic E-state index is 0.246. The van der Waals surface area contributed by atoms with Gasteiger partial charge in [-0.2, -0.15) is 9.78 Å². The molecule has 0 bridgehead atoms.